The molecule has 2 aromatic rings. The lowest BCUT2D eigenvalue weighted by molar-refractivity contribution is -0.454. The highest BCUT2D eigenvalue weighted by molar-refractivity contribution is 5.83. The van der Waals surface area contributed by atoms with Gasteiger partial charge < -0.3 is 19.7 Å². The third kappa shape index (κ3) is 3.46. The Kier molecular flexibility index (Phi) is 4.67. The molecule has 1 aliphatic heterocycles. The second kappa shape index (κ2) is 6.76. The van der Waals surface area contributed by atoms with Gasteiger partial charge in [-0.2, -0.15) is 0 Å². The van der Waals surface area contributed by atoms with Gasteiger partial charge in [-0.3, -0.25) is 4.90 Å². The van der Waals surface area contributed by atoms with Crippen LogP contribution < -0.4 is 0 Å². The molecule has 1 N–H and O–H groups in total. The quantitative estimate of drug-likeness (QED) is 0.399. The highest BCUT2D eigenvalue weighted by Gasteiger charge is 2.45. The molecule has 7 nitrogen and oxygen atoms in total. The molecule has 0 bridgehead atoms. The Hall–Kier alpha value is -2.54. The Morgan fingerprint density at radius 2 is 2.28 bits per heavy atom. The van der Waals surface area contributed by atoms with E-state index in [1.807, 2.05) is 30.5 Å². The molecule has 1 atom stereocenters. The van der Waals surface area contributed by atoms with E-state index in [9.17, 15) is 10.0 Å². The van der Waals surface area contributed by atoms with E-state index in [0.717, 1.165) is 21.2 Å². The Balaban J connectivity index is 1.70. The van der Waals surface area contributed by atoms with Gasteiger partial charge in [0.05, 0.1) is 13.7 Å². The standard InChI is InChI=1S/C18H23N3O4/c1-18(2)21(17(22)24-3)14(12-25-18)11-20(23)9-8-13-10-19-16-7-5-4-6-15(13)16/h4-7,10-11,14,19H,8-9,12H2,1-3H3/b20-11-. The van der Waals surface area contributed by atoms with Gasteiger partial charge in [0, 0.05) is 23.5 Å². The summed E-state index contributed by atoms with van der Waals surface area (Å²) in [5.41, 5.74) is 1.35. The third-order valence-electron chi connectivity index (χ3n) is 4.51. The van der Waals surface area contributed by atoms with Crippen LogP contribution >= 0.6 is 0 Å². The number of carbonyl (C=O) groups excluding carboxylic acids is 1. The minimum atomic E-state index is -0.800. The molecule has 1 aliphatic rings. The van der Waals surface area contributed by atoms with E-state index in [1.54, 1.807) is 13.8 Å². The summed E-state index contributed by atoms with van der Waals surface area (Å²) in [4.78, 5) is 16.6. The van der Waals surface area contributed by atoms with Gasteiger partial charge in [-0.15, -0.1) is 0 Å². The fourth-order valence-electron chi connectivity index (χ4n) is 3.23. The molecule has 0 radical (unpaired) electrons. The molecular weight excluding hydrogens is 322 g/mol. The third-order valence-corrected chi connectivity index (χ3v) is 4.51. The molecule has 3 rings (SSSR count). The first-order valence-electron chi connectivity index (χ1n) is 8.27. The number of hydrogen-bond donors (Lipinski definition) is 1. The minimum Gasteiger partial charge on any atom is -0.624 e. The van der Waals surface area contributed by atoms with Crippen LogP contribution in [0.5, 0.6) is 0 Å². The number of para-hydroxylation sites is 1. The van der Waals surface area contributed by atoms with E-state index in [1.165, 1.54) is 18.2 Å². The molecule has 7 heteroatoms. The Bertz CT molecular complexity index is 796. The van der Waals surface area contributed by atoms with E-state index in [-0.39, 0.29) is 6.61 Å². The smallest absolute Gasteiger partial charge is 0.412 e. The summed E-state index contributed by atoms with van der Waals surface area (Å²) in [5, 5.41) is 13.4. The minimum absolute atomic E-state index is 0.272. The molecule has 1 aromatic heterocycles. The van der Waals surface area contributed by atoms with Crippen LogP contribution in [0.2, 0.25) is 0 Å². The molecule has 134 valence electrons. The van der Waals surface area contributed by atoms with Gasteiger partial charge in [0.1, 0.15) is 11.8 Å². The van der Waals surface area contributed by atoms with Crippen molar-refractivity contribution in [2.24, 2.45) is 0 Å². The summed E-state index contributed by atoms with van der Waals surface area (Å²) >= 11 is 0. The Labute approximate surface area is 146 Å². The highest BCUT2D eigenvalue weighted by atomic mass is 16.6. The molecule has 1 amide bonds. The number of benzene rings is 1. The van der Waals surface area contributed by atoms with Crippen molar-refractivity contribution in [2.45, 2.75) is 32.0 Å². The Morgan fingerprint density at radius 3 is 3.04 bits per heavy atom. The van der Waals surface area contributed by atoms with Crippen LogP contribution in [0, 0.1) is 5.21 Å². The van der Waals surface area contributed by atoms with Crippen LogP contribution in [0.4, 0.5) is 4.79 Å². The normalized spacial score (nSPS) is 20.2. The second-order valence-electron chi connectivity index (χ2n) is 6.56. The van der Waals surface area contributed by atoms with Crippen molar-refractivity contribution in [2.75, 3.05) is 20.3 Å². The SMILES string of the molecule is COC(=O)N1C(/C=[N+](\[O-])CCc2c[nH]c3ccccc23)COC1(C)C. The van der Waals surface area contributed by atoms with Gasteiger partial charge in [0.15, 0.2) is 12.8 Å². The number of H-pyrrole nitrogens is 1. The van der Waals surface area contributed by atoms with Crippen molar-refractivity contribution in [3.05, 3.63) is 41.2 Å². The van der Waals surface area contributed by atoms with E-state index in [0.29, 0.717) is 13.0 Å². The molecule has 25 heavy (non-hydrogen) atoms. The van der Waals surface area contributed by atoms with Crippen LogP contribution in [-0.4, -0.2) is 59.0 Å². The topological polar surface area (TPSA) is 80.6 Å². The predicted octanol–water partition coefficient (Wildman–Crippen LogP) is 2.49. The fraction of sp³-hybridized carbons (Fsp3) is 0.444. The molecule has 2 heterocycles. The highest BCUT2D eigenvalue weighted by Crippen LogP contribution is 2.27. The maximum atomic E-state index is 12.3. The maximum Gasteiger partial charge on any atom is 0.412 e. The van der Waals surface area contributed by atoms with Crippen molar-refractivity contribution in [3.63, 3.8) is 0 Å². The average Bonchev–Trinajstić information content (AvgIpc) is 3.13. The number of nitrogens with one attached hydrogen (secondary N) is 1. The van der Waals surface area contributed by atoms with Crippen LogP contribution in [0.3, 0.4) is 0 Å². The number of hydroxylamine groups is 1. The zero-order valence-electron chi connectivity index (χ0n) is 14.7. The number of fused-ring (bicyclic) bond motifs is 1. The summed E-state index contributed by atoms with van der Waals surface area (Å²) in [7, 11) is 1.32. The van der Waals surface area contributed by atoms with Gasteiger partial charge in [-0.05, 0) is 25.5 Å². The molecule has 0 spiro atoms. The number of ether oxygens (including phenoxy) is 2. The second-order valence-corrected chi connectivity index (χ2v) is 6.56. The van der Waals surface area contributed by atoms with Gasteiger partial charge in [-0.1, -0.05) is 18.2 Å². The van der Waals surface area contributed by atoms with Gasteiger partial charge in [0.2, 0.25) is 0 Å². The number of methoxy groups -OCH3 is 1. The van der Waals surface area contributed by atoms with E-state index in [2.05, 4.69) is 4.98 Å². The number of hydrogen-bond acceptors (Lipinski definition) is 4. The lowest BCUT2D eigenvalue weighted by atomic mass is 10.1. The van der Waals surface area contributed by atoms with Crippen molar-refractivity contribution in [1.29, 1.82) is 0 Å². The van der Waals surface area contributed by atoms with Crippen molar-refractivity contribution in [1.82, 2.24) is 9.88 Å². The van der Waals surface area contributed by atoms with Crippen molar-refractivity contribution in [3.8, 4) is 0 Å². The van der Waals surface area contributed by atoms with E-state index >= 15 is 0 Å². The lowest BCUT2D eigenvalue weighted by Gasteiger charge is -2.30. The summed E-state index contributed by atoms with van der Waals surface area (Å²) in [6, 6.07) is 7.55. The monoisotopic (exact) mass is 345 g/mol. The summed E-state index contributed by atoms with van der Waals surface area (Å²) in [6.07, 6.45) is 3.52. The van der Waals surface area contributed by atoms with E-state index in [4.69, 9.17) is 9.47 Å². The summed E-state index contributed by atoms with van der Waals surface area (Å²) < 4.78 is 11.3. The number of amides is 1. The first-order chi connectivity index (χ1) is 11.9. The van der Waals surface area contributed by atoms with Gasteiger partial charge in [-0.25, -0.2) is 9.53 Å². The summed E-state index contributed by atoms with van der Waals surface area (Å²) in [5.74, 6) is 0. The van der Waals surface area contributed by atoms with Crippen LogP contribution in [-0.2, 0) is 15.9 Å². The fourth-order valence-corrected chi connectivity index (χ4v) is 3.23. The molecule has 1 saturated heterocycles. The molecule has 0 aliphatic carbocycles. The van der Waals surface area contributed by atoms with Gasteiger partial charge in [0.25, 0.3) is 0 Å². The number of aromatic amines is 1. The molecule has 1 unspecified atom stereocenters. The number of aromatic nitrogens is 1. The predicted molar refractivity (Wildman–Crippen MR) is 94.6 cm³/mol. The van der Waals surface area contributed by atoms with Crippen molar-refractivity contribution >= 4 is 23.2 Å². The summed E-state index contributed by atoms with van der Waals surface area (Å²) in [6.45, 7) is 4.12. The van der Waals surface area contributed by atoms with Crippen molar-refractivity contribution < 1.29 is 19.0 Å². The molecule has 1 fully saturated rings. The molecular formula is C18H23N3O4. The zero-order chi connectivity index (χ0) is 18.0. The van der Waals surface area contributed by atoms with Crippen LogP contribution in [0.1, 0.15) is 19.4 Å². The maximum absolute atomic E-state index is 12.3. The molecule has 0 saturated carbocycles. The number of rotatable bonds is 4. The lowest BCUT2D eigenvalue weighted by Crippen LogP contribution is -2.49. The van der Waals surface area contributed by atoms with E-state index < -0.39 is 17.9 Å². The van der Waals surface area contributed by atoms with Crippen LogP contribution in [0.15, 0.2) is 30.5 Å². The number of nitrogens with zero attached hydrogens (tertiary/aromatic N) is 2. The first kappa shape index (κ1) is 17.3. The first-order valence-corrected chi connectivity index (χ1v) is 8.27. The zero-order valence-corrected chi connectivity index (χ0v) is 14.7. The Morgan fingerprint density at radius 1 is 1.52 bits per heavy atom. The van der Waals surface area contributed by atoms with Gasteiger partial charge >= 0.3 is 6.09 Å². The average molecular weight is 345 g/mol. The number of carbonyl (C=O) groups is 1. The molecule has 1 aromatic carbocycles. The van der Waals surface area contributed by atoms with Crippen LogP contribution in [0.25, 0.3) is 10.9 Å². The largest absolute Gasteiger partial charge is 0.624 e.